The van der Waals surface area contributed by atoms with Gasteiger partial charge in [0.2, 0.25) is 0 Å². The van der Waals surface area contributed by atoms with Gasteiger partial charge in [0.05, 0.1) is 12.2 Å². The Morgan fingerprint density at radius 3 is 2.61 bits per heavy atom. The molecule has 0 saturated heterocycles. The van der Waals surface area contributed by atoms with Crippen molar-refractivity contribution in [3.8, 4) is 0 Å². The second-order valence-corrected chi connectivity index (χ2v) is 12.4. The number of rotatable bonds is 7. The number of aliphatic hydroxyl groups is 2. The number of fused-ring (bicyclic) bond motifs is 5. The van der Waals surface area contributed by atoms with E-state index < -0.39 is 0 Å². The van der Waals surface area contributed by atoms with Crippen LogP contribution in [0.4, 0.5) is 0 Å². The minimum atomic E-state index is -0.138. The Morgan fingerprint density at radius 2 is 1.90 bits per heavy atom. The van der Waals surface area contributed by atoms with Crippen molar-refractivity contribution in [3.63, 3.8) is 0 Å². The summed E-state index contributed by atoms with van der Waals surface area (Å²) >= 11 is 0. The number of hydrogen-bond donors (Lipinski definition) is 2. The number of aliphatic hydroxyl groups excluding tert-OH is 2. The predicted molar refractivity (Wildman–Crippen MR) is 127 cm³/mol. The Kier molecular flexibility index (Phi) is 6.98. The van der Waals surface area contributed by atoms with Crippen molar-refractivity contribution in [2.75, 3.05) is 13.7 Å². The number of methoxy groups -OCH3 is 1. The summed E-state index contributed by atoms with van der Waals surface area (Å²) in [4.78, 5) is 0. The third kappa shape index (κ3) is 4.06. The first-order valence-corrected chi connectivity index (χ1v) is 13.3. The Hall–Kier alpha value is -0.380. The molecule has 0 amide bonds. The van der Waals surface area contributed by atoms with Crippen LogP contribution in [0.25, 0.3) is 0 Å². The van der Waals surface area contributed by atoms with Crippen LogP contribution in [0.15, 0.2) is 11.6 Å². The van der Waals surface area contributed by atoms with Gasteiger partial charge in [0, 0.05) is 13.7 Å². The van der Waals surface area contributed by atoms with Crippen LogP contribution in [-0.2, 0) is 4.74 Å². The lowest BCUT2D eigenvalue weighted by molar-refractivity contribution is -0.0644. The highest BCUT2D eigenvalue weighted by atomic mass is 16.5. The van der Waals surface area contributed by atoms with Gasteiger partial charge in [-0.2, -0.15) is 0 Å². The molecule has 3 fully saturated rings. The Balaban J connectivity index is 1.49. The zero-order valence-electron chi connectivity index (χ0n) is 20.8. The maximum atomic E-state index is 11.3. The van der Waals surface area contributed by atoms with Gasteiger partial charge < -0.3 is 14.9 Å². The Labute approximate surface area is 191 Å². The zero-order valence-corrected chi connectivity index (χ0v) is 20.8. The molecule has 3 heteroatoms. The zero-order chi connectivity index (χ0) is 22.4. The SMILES string of the molecule is CO[C@H]1CC[C@@]2(C)C(=CC[C@H]3[C@@H]4C[C@H](O)[C@H]([C@H](C)CCC[C@@H](C)CO)[C@@]4(C)CC[C@@H]32)C1. The summed E-state index contributed by atoms with van der Waals surface area (Å²) in [5.41, 5.74) is 2.32. The Morgan fingerprint density at radius 1 is 1.13 bits per heavy atom. The number of allylic oxidation sites excluding steroid dienone is 1. The molecule has 178 valence electrons. The lowest BCUT2D eigenvalue weighted by Gasteiger charge is -2.58. The molecule has 0 aromatic carbocycles. The van der Waals surface area contributed by atoms with Crippen LogP contribution in [0.2, 0.25) is 0 Å². The summed E-state index contributed by atoms with van der Waals surface area (Å²) in [7, 11) is 1.87. The van der Waals surface area contributed by atoms with Gasteiger partial charge >= 0.3 is 0 Å². The molecule has 4 rings (SSSR count). The van der Waals surface area contributed by atoms with Crippen LogP contribution >= 0.6 is 0 Å². The van der Waals surface area contributed by atoms with Crippen molar-refractivity contribution in [2.24, 2.45) is 46.3 Å². The van der Waals surface area contributed by atoms with Crippen LogP contribution in [0.5, 0.6) is 0 Å². The largest absolute Gasteiger partial charge is 0.396 e. The van der Waals surface area contributed by atoms with Crippen LogP contribution in [0.1, 0.15) is 91.9 Å². The van der Waals surface area contributed by atoms with E-state index in [1.807, 2.05) is 7.11 Å². The summed E-state index contributed by atoms with van der Waals surface area (Å²) in [5.74, 6) is 3.60. The van der Waals surface area contributed by atoms with Gasteiger partial charge in [-0.1, -0.05) is 52.2 Å². The summed E-state index contributed by atoms with van der Waals surface area (Å²) in [5, 5.41) is 20.6. The van der Waals surface area contributed by atoms with E-state index in [9.17, 15) is 10.2 Å². The van der Waals surface area contributed by atoms with E-state index in [1.165, 1.54) is 44.9 Å². The standard InChI is InChI=1S/C28H48O3/c1-18(17-29)7-6-8-19(2)26-25(30)16-24-22-10-9-20-15-21(31-5)11-13-27(20,3)23(22)12-14-28(24,26)4/h9,18-19,21-26,29-30H,6-8,10-17H2,1-5H3/t18-,19-,21+,22-,23+,24+,25+,26+,27+,28+/m1/s1. The molecule has 0 aliphatic heterocycles. The second-order valence-electron chi connectivity index (χ2n) is 12.4. The Bertz CT molecular complexity index is 659. The van der Waals surface area contributed by atoms with Gasteiger partial charge in [-0.15, -0.1) is 0 Å². The third-order valence-corrected chi connectivity index (χ3v) is 10.8. The lowest BCUT2D eigenvalue weighted by Crippen LogP contribution is -2.51. The average molecular weight is 433 g/mol. The van der Waals surface area contributed by atoms with E-state index >= 15 is 0 Å². The number of ether oxygens (including phenoxy) is 1. The summed E-state index contributed by atoms with van der Waals surface area (Å²) in [6.07, 6.45) is 14.8. The summed E-state index contributed by atoms with van der Waals surface area (Å²) in [6.45, 7) is 9.91. The maximum Gasteiger partial charge on any atom is 0.0608 e. The molecule has 0 radical (unpaired) electrons. The maximum absolute atomic E-state index is 11.3. The topological polar surface area (TPSA) is 49.7 Å². The molecule has 10 atom stereocenters. The van der Waals surface area contributed by atoms with Crippen molar-refractivity contribution in [1.82, 2.24) is 0 Å². The highest BCUT2D eigenvalue weighted by molar-refractivity contribution is 5.25. The van der Waals surface area contributed by atoms with E-state index in [4.69, 9.17) is 4.74 Å². The minimum Gasteiger partial charge on any atom is -0.396 e. The molecular formula is C28H48O3. The monoisotopic (exact) mass is 432 g/mol. The highest BCUT2D eigenvalue weighted by Crippen LogP contribution is 2.67. The smallest absolute Gasteiger partial charge is 0.0608 e. The summed E-state index contributed by atoms with van der Waals surface area (Å²) in [6, 6.07) is 0. The van der Waals surface area contributed by atoms with Gasteiger partial charge in [0.15, 0.2) is 0 Å². The fraction of sp³-hybridized carbons (Fsp3) is 0.929. The fourth-order valence-electron chi connectivity index (χ4n) is 8.97. The van der Waals surface area contributed by atoms with Gasteiger partial charge in [-0.05, 0) is 97.7 Å². The van der Waals surface area contributed by atoms with Crippen LogP contribution < -0.4 is 0 Å². The van der Waals surface area contributed by atoms with Crippen molar-refractivity contribution in [3.05, 3.63) is 11.6 Å². The van der Waals surface area contributed by atoms with Crippen molar-refractivity contribution in [1.29, 1.82) is 0 Å². The van der Waals surface area contributed by atoms with Crippen LogP contribution in [0, 0.1) is 46.3 Å². The van der Waals surface area contributed by atoms with Crippen molar-refractivity contribution >= 4 is 0 Å². The molecule has 31 heavy (non-hydrogen) atoms. The molecule has 0 aromatic heterocycles. The quantitative estimate of drug-likeness (QED) is 0.486. The molecule has 0 unspecified atom stereocenters. The number of hydrogen-bond acceptors (Lipinski definition) is 3. The van der Waals surface area contributed by atoms with E-state index in [-0.39, 0.29) is 11.5 Å². The molecule has 0 aromatic rings. The molecule has 0 heterocycles. The van der Waals surface area contributed by atoms with Gasteiger partial charge in [-0.3, -0.25) is 0 Å². The molecule has 4 aliphatic rings. The van der Waals surface area contributed by atoms with Crippen LogP contribution in [-0.4, -0.2) is 36.1 Å². The van der Waals surface area contributed by atoms with E-state index in [2.05, 4.69) is 33.8 Å². The van der Waals surface area contributed by atoms with Gasteiger partial charge in [-0.25, -0.2) is 0 Å². The second kappa shape index (κ2) is 9.11. The first-order chi connectivity index (χ1) is 14.7. The molecular weight excluding hydrogens is 384 g/mol. The van der Waals surface area contributed by atoms with E-state index in [0.717, 1.165) is 31.1 Å². The molecule has 0 bridgehead atoms. The van der Waals surface area contributed by atoms with Crippen molar-refractivity contribution < 1.29 is 14.9 Å². The van der Waals surface area contributed by atoms with Crippen molar-refractivity contribution in [2.45, 2.75) is 104 Å². The normalized spacial score (nSPS) is 46.5. The molecule has 0 spiro atoms. The highest BCUT2D eigenvalue weighted by Gasteiger charge is 2.61. The third-order valence-electron chi connectivity index (χ3n) is 10.8. The minimum absolute atomic E-state index is 0.138. The average Bonchev–Trinajstić information content (AvgIpc) is 3.02. The molecule has 3 nitrogen and oxygen atoms in total. The lowest BCUT2D eigenvalue weighted by atomic mass is 9.47. The summed E-state index contributed by atoms with van der Waals surface area (Å²) < 4.78 is 5.73. The first-order valence-electron chi connectivity index (χ1n) is 13.3. The fourth-order valence-corrected chi connectivity index (χ4v) is 8.97. The van der Waals surface area contributed by atoms with Crippen LogP contribution in [0.3, 0.4) is 0 Å². The predicted octanol–water partition coefficient (Wildman–Crippen LogP) is 5.99. The van der Waals surface area contributed by atoms with Gasteiger partial charge in [0.1, 0.15) is 0 Å². The molecule has 2 N–H and O–H groups in total. The van der Waals surface area contributed by atoms with E-state index in [0.29, 0.717) is 41.8 Å². The van der Waals surface area contributed by atoms with Gasteiger partial charge in [0.25, 0.3) is 0 Å². The molecule has 4 aliphatic carbocycles. The first kappa shape index (κ1) is 23.8. The van der Waals surface area contributed by atoms with E-state index in [1.54, 1.807) is 5.57 Å². The molecule has 3 saturated carbocycles.